The van der Waals surface area contributed by atoms with Crippen molar-refractivity contribution in [2.24, 2.45) is 5.92 Å². The number of ether oxygens (including phenoxy) is 3. The zero-order valence-electron chi connectivity index (χ0n) is 15.6. The molecule has 0 saturated carbocycles. The Morgan fingerprint density at radius 2 is 1.96 bits per heavy atom. The molecule has 2 aliphatic heterocycles. The average molecular weight is 370 g/mol. The first kappa shape index (κ1) is 17.9. The van der Waals surface area contributed by atoms with E-state index in [4.69, 9.17) is 14.2 Å². The van der Waals surface area contributed by atoms with Crippen LogP contribution in [0.5, 0.6) is 17.2 Å². The zero-order chi connectivity index (χ0) is 18.5. The molecule has 144 valence electrons. The van der Waals surface area contributed by atoms with E-state index in [1.54, 1.807) is 19.5 Å². The Morgan fingerprint density at radius 1 is 1.15 bits per heavy atom. The van der Waals surface area contributed by atoms with Crippen LogP contribution in [0.2, 0.25) is 0 Å². The predicted molar refractivity (Wildman–Crippen MR) is 103 cm³/mol. The average Bonchev–Trinajstić information content (AvgIpc) is 2.74. The highest BCUT2D eigenvalue weighted by Crippen LogP contribution is 2.39. The molecule has 0 amide bonds. The van der Waals surface area contributed by atoms with Crippen molar-refractivity contribution in [1.29, 1.82) is 0 Å². The lowest BCUT2D eigenvalue weighted by molar-refractivity contribution is 0.0863. The second-order valence-corrected chi connectivity index (χ2v) is 6.98. The third kappa shape index (κ3) is 4.24. The summed E-state index contributed by atoms with van der Waals surface area (Å²) in [6.07, 6.45) is 5.91. The maximum atomic E-state index is 6.05. The van der Waals surface area contributed by atoms with Crippen LogP contribution in [0.15, 0.2) is 36.7 Å². The smallest absolute Gasteiger partial charge is 0.225 e. The van der Waals surface area contributed by atoms with Crippen LogP contribution in [-0.4, -0.2) is 56.0 Å². The Kier molecular flexibility index (Phi) is 5.58. The number of rotatable bonds is 6. The van der Waals surface area contributed by atoms with Crippen molar-refractivity contribution in [1.82, 2.24) is 15.3 Å². The van der Waals surface area contributed by atoms with Gasteiger partial charge in [-0.3, -0.25) is 0 Å². The lowest BCUT2D eigenvalue weighted by Gasteiger charge is -2.32. The molecule has 2 aromatic rings. The summed E-state index contributed by atoms with van der Waals surface area (Å²) in [6, 6.07) is 7.58. The highest BCUT2D eigenvalue weighted by atomic mass is 16.6. The van der Waals surface area contributed by atoms with Gasteiger partial charge in [-0.1, -0.05) is 6.07 Å². The van der Waals surface area contributed by atoms with Gasteiger partial charge in [0.05, 0.1) is 7.11 Å². The van der Waals surface area contributed by atoms with Crippen molar-refractivity contribution in [2.45, 2.75) is 18.9 Å². The maximum Gasteiger partial charge on any atom is 0.225 e. The molecule has 0 unspecified atom stereocenters. The molecular formula is C20H26N4O3. The van der Waals surface area contributed by atoms with E-state index in [2.05, 4.69) is 20.2 Å². The van der Waals surface area contributed by atoms with E-state index in [0.29, 0.717) is 24.0 Å². The van der Waals surface area contributed by atoms with Crippen LogP contribution in [0.1, 0.15) is 12.8 Å². The standard InChI is InChI=1S/C20H26N4O3/c1-25-17-4-2-5-18-19(17)26-14-16(27-18)13-21-12-15-6-10-24(11-7-15)20-22-8-3-9-23-20/h2-5,8-9,15-16,21H,6-7,10-14H2,1H3/t16-/m1/s1. The van der Waals surface area contributed by atoms with Crippen LogP contribution in [-0.2, 0) is 0 Å². The van der Waals surface area contributed by atoms with Crippen LogP contribution in [0.4, 0.5) is 5.95 Å². The summed E-state index contributed by atoms with van der Waals surface area (Å²) in [5.74, 6) is 3.68. The molecule has 0 bridgehead atoms. The van der Waals surface area contributed by atoms with E-state index in [1.807, 2.05) is 24.3 Å². The Morgan fingerprint density at radius 3 is 2.74 bits per heavy atom. The number of piperidine rings is 1. The predicted octanol–water partition coefficient (Wildman–Crippen LogP) is 2.13. The Hall–Kier alpha value is -2.54. The van der Waals surface area contributed by atoms with Gasteiger partial charge >= 0.3 is 0 Å². The minimum atomic E-state index is 0.0161. The first-order valence-corrected chi connectivity index (χ1v) is 9.52. The number of nitrogens with one attached hydrogen (secondary N) is 1. The van der Waals surface area contributed by atoms with E-state index in [1.165, 1.54) is 0 Å². The fourth-order valence-corrected chi connectivity index (χ4v) is 3.62. The lowest BCUT2D eigenvalue weighted by atomic mass is 9.97. The molecule has 3 heterocycles. The molecule has 27 heavy (non-hydrogen) atoms. The molecule has 1 N–H and O–H groups in total. The molecule has 4 rings (SSSR count). The number of para-hydroxylation sites is 1. The lowest BCUT2D eigenvalue weighted by Crippen LogP contribution is -2.42. The van der Waals surface area contributed by atoms with Crippen LogP contribution in [0.25, 0.3) is 0 Å². The Balaban J connectivity index is 1.20. The molecule has 7 nitrogen and oxygen atoms in total. The van der Waals surface area contributed by atoms with E-state index in [9.17, 15) is 0 Å². The second-order valence-electron chi connectivity index (χ2n) is 6.98. The summed E-state index contributed by atoms with van der Waals surface area (Å²) in [5, 5.41) is 3.55. The fourth-order valence-electron chi connectivity index (χ4n) is 3.62. The molecule has 1 fully saturated rings. The largest absolute Gasteiger partial charge is 0.493 e. The summed E-state index contributed by atoms with van der Waals surface area (Å²) < 4.78 is 17.2. The van der Waals surface area contributed by atoms with Gasteiger partial charge in [0.25, 0.3) is 0 Å². The van der Waals surface area contributed by atoms with Crippen molar-refractivity contribution >= 4 is 5.95 Å². The van der Waals surface area contributed by atoms with Gasteiger partial charge in [-0.15, -0.1) is 0 Å². The number of methoxy groups -OCH3 is 1. The van der Waals surface area contributed by atoms with Gasteiger partial charge in [0, 0.05) is 32.0 Å². The summed E-state index contributed by atoms with van der Waals surface area (Å²) in [7, 11) is 1.64. The molecule has 0 aliphatic carbocycles. The first-order chi connectivity index (χ1) is 13.3. The normalized spacial score (nSPS) is 19.7. The van der Waals surface area contributed by atoms with E-state index >= 15 is 0 Å². The second kappa shape index (κ2) is 8.43. The van der Waals surface area contributed by atoms with E-state index in [-0.39, 0.29) is 6.10 Å². The van der Waals surface area contributed by atoms with Crippen LogP contribution < -0.4 is 24.4 Å². The minimum absolute atomic E-state index is 0.0161. The molecule has 1 aromatic carbocycles. The number of benzene rings is 1. The monoisotopic (exact) mass is 370 g/mol. The van der Waals surface area contributed by atoms with Crippen molar-refractivity contribution in [3.63, 3.8) is 0 Å². The van der Waals surface area contributed by atoms with Gasteiger partial charge in [0.2, 0.25) is 11.7 Å². The zero-order valence-corrected chi connectivity index (χ0v) is 15.6. The third-order valence-corrected chi connectivity index (χ3v) is 5.12. The van der Waals surface area contributed by atoms with Gasteiger partial charge in [0.15, 0.2) is 11.5 Å². The fraction of sp³-hybridized carbons (Fsp3) is 0.500. The van der Waals surface area contributed by atoms with Gasteiger partial charge < -0.3 is 24.4 Å². The molecule has 2 aliphatic rings. The number of nitrogens with zero attached hydrogens (tertiary/aromatic N) is 3. The molecule has 1 aromatic heterocycles. The van der Waals surface area contributed by atoms with Crippen molar-refractivity contribution in [3.8, 4) is 17.2 Å². The SMILES string of the molecule is COc1cccc2c1OC[C@@H](CNCC1CCN(c3ncccn3)CC1)O2. The van der Waals surface area contributed by atoms with Gasteiger partial charge in [-0.2, -0.15) is 0 Å². The molecule has 7 heteroatoms. The first-order valence-electron chi connectivity index (χ1n) is 9.52. The van der Waals surface area contributed by atoms with Crippen LogP contribution >= 0.6 is 0 Å². The summed E-state index contributed by atoms with van der Waals surface area (Å²) in [6.45, 7) is 4.32. The molecule has 0 radical (unpaired) electrons. The summed E-state index contributed by atoms with van der Waals surface area (Å²) >= 11 is 0. The third-order valence-electron chi connectivity index (χ3n) is 5.12. The highest BCUT2D eigenvalue weighted by Gasteiger charge is 2.25. The van der Waals surface area contributed by atoms with Gasteiger partial charge in [0.1, 0.15) is 12.7 Å². The topological polar surface area (TPSA) is 68.7 Å². The van der Waals surface area contributed by atoms with E-state index < -0.39 is 0 Å². The van der Waals surface area contributed by atoms with Crippen molar-refractivity contribution in [3.05, 3.63) is 36.7 Å². The maximum absolute atomic E-state index is 6.05. The number of fused-ring (bicyclic) bond motifs is 1. The van der Waals surface area contributed by atoms with Crippen LogP contribution in [0.3, 0.4) is 0 Å². The number of aromatic nitrogens is 2. The molecule has 0 spiro atoms. The van der Waals surface area contributed by atoms with Crippen molar-refractivity contribution < 1.29 is 14.2 Å². The van der Waals surface area contributed by atoms with Crippen molar-refractivity contribution in [2.75, 3.05) is 44.8 Å². The Bertz CT molecular complexity index is 735. The highest BCUT2D eigenvalue weighted by molar-refractivity contribution is 5.52. The summed E-state index contributed by atoms with van der Waals surface area (Å²) in [4.78, 5) is 10.9. The number of hydrogen-bond acceptors (Lipinski definition) is 7. The summed E-state index contributed by atoms with van der Waals surface area (Å²) in [5.41, 5.74) is 0. The Labute approximate surface area is 159 Å². The van der Waals surface area contributed by atoms with Gasteiger partial charge in [-0.05, 0) is 43.5 Å². The number of anilines is 1. The minimum Gasteiger partial charge on any atom is -0.493 e. The molecule has 1 saturated heterocycles. The molecule has 1 atom stereocenters. The quantitative estimate of drug-likeness (QED) is 0.835. The van der Waals surface area contributed by atoms with E-state index in [0.717, 1.165) is 50.7 Å². The van der Waals surface area contributed by atoms with Gasteiger partial charge in [-0.25, -0.2) is 9.97 Å². The number of hydrogen-bond donors (Lipinski definition) is 1. The van der Waals surface area contributed by atoms with Crippen LogP contribution in [0, 0.1) is 5.92 Å². The molecular weight excluding hydrogens is 344 g/mol.